The minimum atomic E-state index is -0.440. The van der Waals surface area contributed by atoms with Crippen molar-refractivity contribution in [2.45, 2.75) is 32.6 Å². The van der Waals surface area contributed by atoms with E-state index in [2.05, 4.69) is 20.8 Å². The largest absolute Gasteiger partial charge is 0.484 e. The zero-order chi connectivity index (χ0) is 18.5. The fraction of sp³-hybridized carbons (Fsp3) is 0.444. The molecule has 0 aliphatic heterocycles. The molecule has 8 heteroatoms. The number of aromatic nitrogens is 2. The van der Waals surface area contributed by atoms with Gasteiger partial charge >= 0.3 is 11.8 Å². The molecule has 2 amide bonds. The van der Waals surface area contributed by atoms with Gasteiger partial charge in [-0.2, -0.15) is 4.98 Å². The first-order valence-electron chi connectivity index (χ1n) is 8.61. The minimum absolute atomic E-state index is 0.0451. The van der Waals surface area contributed by atoms with Gasteiger partial charge in [0.25, 0.3) is 5.91 Å². The van der Waals surface area contributed by atoms with Gasteiger partial charge in [0.15, 0.2) is 12.4 Å². The third kappa shape index (κ3) is 4.81. The van der Waals surface area contributed by atoms with Gasteiger partial charge in [0, 0.05) is 19.0 Å². The number of nitrogens with one attached hydrogen (secondary N) is 2. The van der Waals surface area contributed by atoms with Crippen molar-refractivity contribution in [3.05, 3.63) is 41.0 Å². The van der Waals surface area contributed by atoms with Crippen LogP contribution in [0.5, 0.6) is 5.75 Å². The average molecular weight is 358 g/mol. The van der Waals surface area contributed by atoms with E-state index in [1.54, 1.807) is 0 Å². The summed E-state index contributed by atoms with van der Waals surface area (Å²) in [4.78, 5) is 27.7. The van der Waals surface area contributed by atoms with Crippen LogP contribution >= 0.6 is 0 Å². The molecule has 0 spiro atoms. The van der Waals surface area contributed by atoms with Crippen molar-refractivity contribution in [3.8, 4) is 5.75 Å². The fourth-order valence-electron chi connectivity index (χ4n) is 2.29. The lowest BCUT2D eigenvalue weighted by Crippen LogP contribution is -2.36. The Hall–Kier alpha value is -2.90. The quantitative estimate of drug-likeness (QED) is 0.693. The first kappa shape index (κ1) is 17.9. The maximum atomic E-state index is 11.9. The minimum Gasteiger partial charge on any atom is -0.484 e. The van der Waals surface area contributed by atoms with Crippen LogP contribution in [-0.2, 0) is 4.79 Å². The summed E-state index contributed by atoms with van der Waals surface area (Å²) in [6.45, 7) is 4.47. The molecule has 1 heterocycles. The Balaban J connectivity index is 1.32. The van der Waals surface area contributed by atoms with Crippen LogP contribution in [0, 0.1) is 13.8 Å². The molecule has 1 aliphatic carbocycles. The fourth-order valence-corrected chi connectivity index (χ4v) is 2.29. The zero-order valence-corrected chi connectivity index (χ0v) is 14.9. The van der Waals surface area contributed by atoms with E-state index in [4.69, 9.17) is 9.26 Å². The summed E-state index contributed by atoms with van der Waals surface area (Å²) < 4.78 is 10.4. The smallest absolute Gasteiger partial charge is 0.315 e. The number of carbonyl (C=O) groups excluding carboxylic acids is 2. The highest BCUT2D eigenvalue weighted by atomic mass is 16.5. The topological polar surface area (TPSA) is 106 Å². The summed E-state index contributed by atoms with van der Waals surface area (Å²) in [7, 11) is 0. The van der Waals surface area contributed by atoms with E-state index in [0.29, 0.717) is 17.5 Å². The van der Waals surface area contributed by atoms with Crippen LogP contribution in [0.1, 0.15) is 46.4 Å². The summed E-state index contributed by atoms with van der Waals surface area (Å²) in [6.07, 6.45) is 2.08. The van der Waals surface area contributed by atoms with Gasteiger partial charge < -0.3 is 19.9 Å². The highest BCUT2D eigenvalue weighted by molar-refractivity contribution is 5.89. The van der Waals surface area contributed by atoms with Crippen molar-refractivity contribution >= 4 is 11.8 Å². The number of carbonyl (C=O) groups is 2. The van der Waals surface area contributed by atoms with E-state index in [9.17, 15) is 9.59 Å². The monoisotopic (exact) mass is 358 g/mol. The highest BCUT2D eigenvalue weighted by Gasteiger charge is 2.29. The van der Waals surface area contributed by atoms with Crippen LogP contribution in [0.3, 0.4) is 0 Å². The molecule has 0 unspecified atom stereocenters. The van der Waals surface area contributed by atoms with Gasteiger partial charge in [-0.05, 0) is 49.9 Å². The summed E-state index contributed by atoms with van der Waals surface area (Å²) in [5.41, 5.74) is 2.28. The Bertz CT molecular complexity index is 798. The second-order valence-electron chi connectivity index (χ2n) is 6.37. The molecule has 0 bridgehead atoms. The molecule has 0 radical (unpaired) electrons. The van der Waals surface area contributed by atoms with Crippen LogP contribution in [0.15, 0.2) is 22.7 Å². The van der Waals surface area contributed by atoms with Gasteiger partial charge in [0.2, 0.25) is 0 Å². The Kier molecular flexibility index (Phi) is 5.50. The van der Waals surface area contributed by atoms with E-state index >= 15 is 0 Å². The van der Waals surface area contributed by atoms with Gasteiger partial charge in [0.05, 0.1) is 0 Å². The maximum Gasteiger partial charge on any atom is 0.315 e. The van der Waals surface area contributed by atoms with Crippen LogP contribution in [0.2, 0.25) is 0 Å². The Morgan fingerprint density at radius 1 is 1.19 bits per heavy atom. The van der Waals surface area contributed by atoms with Gasteiger partial charge in [-0.15, -0.1) is 0 Å². The van der Waals surface area contributed by atoms with E-state index < -0.39 is 5.91 Å². The number of hydrogen-bond donors (Lipinski definition) is 2. The summed E-state index contributed by atoms with van der Waals surface area (Å²) in [5.74, 6) is 0.830. The second-order valence-corrected chi connectivity index (χ2v) is 6.37. The van der Waals surface area contributed by atoms with E-state index in [1.807, 2.05) is 32.0 Å². The summed E-state index contributed by atoms with van der Waals surface area (Å²) >= 11 is 0. The normalized spacial score (nSPS) is 13.3. The maximum absolute atomic E-state index is 11.9. The lowest BCUT2D eigenvalue weighted by molar-refractivity contribution is -0.123. The number of hydrogen-bond acceptors (Lipinski definition) is 6. The first-order chi connectivity index (χ1) is 12.5. The van der Waals surface area contributed by atoms with Gasteiger partial charge in [-0.3, -0.25) is 9.59 Å². The average Bonchev–Trinajstić information content (AvgIpc) is 3.36. The van der Waals surface area contributed by atoms with E-state index in [1.165, 1.54) is 5.56 Å². The number of aryl methyl sites for hydroxylation is 2. The molecule has 1 aromatic heterocycles. The predicted molar refractivity (Wildman–Crippen MR) is 93.0 cm³/mol. The number of rotatable bonds is 8. The molecule has 1 saturated carbocycles. The molecule has 1 aliphatic rings. The molecule has 2 N–H and O–H groups in total. The molecule has 26 heavy (non-hydrogen) atoms. The van der Waals surface area contributed by atoms with Crippen molar-refractivity contribution < 1.29 is 18.8 Å². The van der Waals surface area contributed by atoms with Crippen LogP contribution in [-0.4, -0.2) is 41.7 Å². The molecular formula is C18H22N4O4. The Morgan fingerprint density at radius 3 is 2.69 bits per heavy atom. The molecule has 3 rings (SSSR count). The molecule has 0 saturated heterocycles. The Morgan fingerprint density at radius 2 is 1.96 bits per heavy atom. The Labute approximate surface area is 151 Å². The van der Waals surface area contributed by atoms with Crippen LogP contribution < -0.4 is 15.4 Å². The lowest BCUT2D eigenvalue weighted by Gasteiger charge is -2.09. The number of amides is 2. The number of ether oxygens (including phenoxy) is 1. The van der Waals surface area contributed by atoms with Gasteiger partial charge in [-0.25, -0.2) is 0 Å². The third-order valence-electron chi connectivity index (χ3n) is 4.16. The molecular weight excluding hydrogens is 336 g/mol. The van der Waals surface area contributed by atoms with E-state index in [0.717, 1.165) is 18.4 Å². The zero-order valence-electron chi connectivity index (χ0n) is 14.9. The van der Waals surface area contributed by atoms with Crippen molar-refractivity contribution in [1.29, 1.82) is 0 Å². The number of benzene rings is 1. The van der Waals surface area contributed by atoms with Crippen molar-refractivity contribution in [2.75, 3.05) is 19.7 Å². The highest BCUT2D eigenvalue weighted by Crippen LogP contribution is 2.38. The molecule has 138 valence electrons. The lowest BCUT2D eigenvalue weighted by atomic mass is 10.1. The standard InChI is InChI=1S/C18H22N4O4/c1-11-3-6-14(9-12(11)2)25-10-15(23)19-7-8-20-17(24)18-21-16(22-26-18)13-4-5-13/h3,6,9,13H,4-5,7-8,10H2,1-2H3,(H,19,23)(H,20,24). The molecule has 1 fully saturated rings. The van der Waals surface area contributed by atoms with E-state index in [-0.39, 0.29) is 31.5 Å². The SMILES string of the molecule is Cc1ccc(OCC(=O)NCCNC(=O)c2nc(C3CC3)no2)cc1C. The molecule has 1 aromatic carbocycles. The van der Waals surface area contributed by atoms with Gasteiger partial charge in [-0.1, -0.05) is 11.2 Å². The second kappa shape index (κ2) is 7.99. The summed E-state index contributed by atoms with van der Waals surface area (Å²) in [6, 6.07) is 5.67. The van der Waals surface area contributed by atoms with Crippen molar-refractivity contribution in [1.82, 2.24) is 20.8 Å². The van der Waals surface area contributed by atoms with Crippen molar-refractivity contribution in [2.24, 2.45) is 0 Å². The van der Waals surface area contributed by atoms with Crippen LogP contribution in [0.25, 0.3) is 0 Å². The van der Waals surface area contributed by atoms with Crippen LogP contribution in [0.4, 0.5) is 0 Å². The van der Waals surface area contributed by atoms with Gasteiger partial charge in [0.1, 0.15) is 5.75 Å². The predicted octanol–water partition coefficient (Wildman–Crippen LogP) is 1.49. The molecule has 0 atom stereocenters. The molecule has 8 nitrogen and oxygen atoms in total. The molecule has 2 aromatic rings. The van der Waals surface area contributed by atoms with Crippen molar-refractivity contribution in [3.63, 3.8) is 0 Å². The summed E-state index contributed by atoms with van der Waals surface area (Å²) in [5, 5.41) is 9.08. The third-order valence-corrected chi connectivity index (χ3v) is 4.16. The number of nitrogens with zero attached hydrogens (tertiary/aromatic N) is 2. The first-order valence-corrected chi connectivity index (χ1v) is 8.61.